The number of hydrogen-bond acceptors (Lipinski definition) is 5. The van der Waals surface area contributed by atoms with Crippen molar-refractivity contribution in [2.45, 2.75) is 25.5 Å². The van der Waals surface area contributed by atoms with Gasteiger partial charge in [-0.3, -0.25) is 4.79 Å². The summed E-state index contributed by atoms with van der Waals surface area (Å²) in [7, 11) is -1.72. The highest BCUT2D eigenvalue weighted by Crippen LogP contribution is 2.25. The Bertz CT molecular complexity index is 1060. The second-order valence-corrected chi connectivity index (χ2v) is 10.9. The number of nitrogens with zero attached hydrogens (tertiary/aromatic N) is 3. The van der Waals surface area contributed by atoms with E-state index in [1.807, 2.05) is 60.4 Å². The Labute approximate surface area is 197 Å². The smallest absolute Gasteiger partial charge is 0.225 e. The standard InChI is InChI=1S/C25H33N3O4S/c1-20-4-3-5-21(18-20)19-33(30,31)28-12-10-22(11-13-28)25(29)27-16-14-26(15-17-27)23-6-8-24(32-2)9-7-23/h3-9,18,22H,10-17,19H2,1-2H3. The van der Waals surface area contributed by atoms with Crippen LogP contribution in [-0.2, 0) is 20.6 Å². The lowest BCUT2D eigenvalue weighted by molar-refractivity contribution is -0.137. The molecule has 0 N–H and O–H groups in total. The van der Waals surface area contributed by atoms with E-state index in [1.165, 1.54) is 0 Å². The molecule has 0 atom stereocenters. The van der Waals surface area contributed by atoms with Crippen molar-refractivity contribution in [1.29, 1.82) is 0 Å². The van der Waals surface area contributed by atoms with Gasteiger partial charge in [-0.15, -0.1) is 0 Å². The van der Waals surface area contributed by atoms with Gasteiger partial charge in [0.05, 0.1) is 12.9 Å². The van der Waals surface area contributed by atoms with Gasteiger partial charge in [-0.25, -0.2) is 12.7 Å². The number of hydrogen-bond donors (Lipinski definition) is 0. The third-order valence-electron chi connectivity index (χ3n) is 6.66. The molecule has 0 aromatic heterocycles. The van der Waals surface area contributed by atoms with Gasteiger partial charge in [0.2, 0.25) is 15.9 Å². The summed E-state index contributed by atoms with van der Waals surface area (Å²) in [6.45, 7) is 5.76. The zero-order chi connectivity index (χ0) is 23.4. The minimum Gasteiger partial charge on any atom is -0.497 e. The summed E-state index contributed by atoms with van der Waals surface area (Å²) in [6, 6.07) is 15.6. The average Bonchev–Trinajstić information content (AvgIpc) is 2.83. The van der Waals surface area contributed by atoms with Crippen LogP contribution in [0, 0.1) is 12.8 Å². The average molecular weight is 472 g/mol. The molecule has 7 nitrogen and oxygen atoms in total. The summed E-state index contributed by atoms with van der Waals surface area (Å²) in [6.07, 6.45) is 1.18. The zero-order valence-corrected chi connectivity index (χ0v) is 20.3. The third kappa shape index (κ3) is 5.68. The number of carbonyl (C=O) groups excluding carboxylic acids is 1. The number of piperazine rings is 1. The van der Waals surface area contributed by atoms with Gasteiger partial charge in [-0.2, -0.15) is 0 Å². The van der Waals surface area contributed by atoms with Gasteiger partial charge in [-0.1, -0.05) is 29.8 Å². The van der Waals surface area contributed by atoms with E-state index >= 15 is 0 Å². The maximum atomic E-state index is 13.1. The second kappa shape index (κ2) is 10.1. The molecule has 33 heavy (non-hydrogen) atoms. The van der Waals surface area contributed by atoms with E-state index in [0.717, 1.165) is 35.7 Å². The Morgan fingerprint density at radius 1 is 0.970 bits per heavy atom. The zero-order valence-electron chi connectivity index (χ0n) is 19.4. The molecular formula is C25H33N3O4S. The Hall–Kier alpha value is -2.58. The van der Waals surface area contributed by atoms with Crippen molar-refractivity contribution in [3.05, 3.63) is 59.7 Å². The van der Waals surface area contributed by atoms with E-state index in [9.17, 15) is 13.2 Å². The quantitative estimate of drug-likeness (QED) is 0.648. The van der Waals surface area contributed by atoms with E-state index in [-0.39, 0.29) is 17.6 Å². The van der Waals surface area contributed by atoms with Gasteiger partial charge in [0, 0.05) is 50.9 Å². The number of amides is 1. The number of rotatable bonds is 6. The lowest BCUT2D eigenvalue weighted by Gasteiger charge is -2.39. The number of aryl methyl sites for hydroxylation is 1. The maximum absolute atomic E-state index is 13.1. The molecule has 2 heterocycles. The first-order valence-electron chi connectivity index (χ1n) is 11.6. The van der Waals surface area contributed by atoms with Crippen LogP contribution < -0.4 is 9.64 Å². The van der Waals surface area contributed by atoms with Crippen LogP contribution in [0.5, 0.6) is 5.75 Å². The van der Waals surface area contributed by atoms with Crippen molar-refractivity contribution >= 4 is 21.6 Å². The van der Waals surface area contributed by atoms with E-state index in [0.29, 0.717) is 39.0 Å². The van der Waals surface area contributed by atoms with Gasteiger partial charge in [0.15, 0.2) is 0 Å². The molecule has 0 radical (unpaired) electrons. The molecule has 2 aliphatic rings. The van der Waals surface area contributed by atoms with Gasteiger partial charge >= 0.3 is 0 Å². The van der Waals surface area contributed by atoms with E-state index in [4.69, 9.17) is 4.74 Å². The van der Waals surface area contributed by atoms with Crippen molar-refractivity contribution in [2.75, 3.05) is 51.3 Å². The summed E-state index contributed by atoms with van der Waals surface area (Å²) >= 11 is 0. The summed E-state index contributed by atoms with van der Waals surface area (Å²) in [4.78, 5) is 17.3. The Balaban J connectivity index is 1.27. The molecule has 0 unspecified atom stereocenters. The number of anilines is 1. The molecule has 2 aromatic rings. The molecular weight excluding hydrogens is 438 g/mol. The summed E-state index contributed by atoms with van der Waals surface area (Å²) in [5.74, 6) is 0.920. The highest BCUT2D eigenvalue weighted by molar-refractivity contribution is 7.88. The summed E-state index contributed by atoms with van der Waals surface area (Å²) in [5, 5.41) is 0. The predicted octanol–water partition coefficient (Wildman–Crippen LogP) is 2.89. The molecule has 1 amide bonds. The first-order valence-corrected chi connectivity index (χ1v) is 13.2. The van der Waals surface area contributed by atoms with Gasteiger partial charge in [0.1, 0.15) is 5.75 Å². The van der Waals surface area contributed by atoms with Crippen LogP contribution in [0.4, 0.5) is 5.69 Å². The Morgan fingerprint density at radius 3 is 2.24 bits per heavy atom. The number of piperidine rings is 1. The first-order chi connectivity index (χ1) is 15.9. The van der Waals surface area contributed by atoms with Crippen LogP contribution in [0.1, 0.15) is 24.0 Å². The van der Waals surface area contributed by atoms with Crippen LogP contribution >= 0.6 is 0 Å². The van der Waals surface area contributed by atoms with Crippen LogP contribution in [0.3, 0.4) is 0 Å². The van der Waals surface area contributed by atoms with Crippen molar-refractivity contribution in [3.8, 4) is 5.75 Å². The number of methoxy groups -OCH3 is 1. The molecule has 0 saturated carbocycles. The molecule has 0 spiro atoms. The van der Waals surface area contributed by atoms with Crippen molar-refractivity contribution in [2.24, 2.45) is 5.92 Å². The largest absolute Gasteiger partial charge is 0.497 e. The maximum Gasteiger partial charge on any atom is 0.225 e. The fourth-order valence-corrected chi connectivity index (χ4v) is 6.27. The third-order valence-corrected chi connectivity index (χ3v) is 8.51. The van der Waals surface area contributed by atoms with Crippen LogP contribution in [0.25, 0.3) is 0 Å². The van der Waals surface area contributed by atoms with Crippen molar-refractivity contribution in [3.63, 3.8) is 0 Å². The van der Waals surface area contributed by atoms with E-state index < -0.39 is 10.0 Å². The number of carbonyl (C=O) groups is 1. The monoisotopic (exact) mass is 471 g/mol. The Morgan fingerprint density at radius 2 is 1.64 bits per heavy atom. The molecule has 8 heteroatoms. The minimum absolute atomic E-state index is 0.0145. The molecule has 178 valence electrons. The van der Waals surface area contributed by atoms with Crippen molar-refractivity contribution in [1.82, 2.24) is 9.21 Å². The topological polar surface area (TPSA) is 70.2 Å². The number of benzene rings is 2. The molecule has 4 rings (SSSR count). The van der Waals surface area contributed by atoms with Gasteiger partial charge < -0.3 is 14.5 Å². The second-order valence-electron chi connectivity index (χ2n) is 8.93. The fourth-order valence-electron chi connectivity index (χ4n) is 4.72. The van der Waals surface area contributed by atoms with Gasteiger partial charge in [-0.05, 0) is 49.6 Å². The van der Waals surface area contributed by atoms with Crippen LogP contribution in [0.15, 0.2) is 48.5 Å². The molecule has 0 bridgehead atoms. The lowest BCUT2D eigenvalue weighted by Crippen LogP contribution is -2.52. The molecule has 2 aromatic carbocycles. The first kappa shape index (κ1) is 23.6. The number of sulfonamides is 1. The van der Waals surface area contributed by atoms with E-state index in [1.54, 1.807) is 11.4 Å². The van der Waals surface area contributed by atoms with Crippen LogP contribution in [-0.4, -0.2) is 69.9 Å². The van der Waals surface area contributed by atoms with Crippen molar-refractivity contribution < 1.29 is 17.9 Å². The fraction of sp³-hybridized carbons (Fsp3) is 0.480. The predicted molar refractivity (Wildman–Crippen MR) is 130 cm³/mol. The summed E-state index contributed by atoms with van der Waals surface area (Å²) in [5.41, 5.74) is 3.00. The molecule has 0 aliphatic carbocycles. The Kier molecular flexibility index (Phi) is 7.24. The van der Waals surface area contributed by atoms with Gasteiger partial charge in [0.25, 0.3) is 0 Å². The highest BCUT2D eigenvalue weighted by Gasteiger charge is 2.34. The van der Waals surface area contributed by atoms with E-state index in [2.05, 4.69) is 4.90 Å². The molecule has 2 saturated heterocycles. The number of ether oxygens (including phenoxy) is 1. The molecule has 2 aliphatic heterocycles. The summed E-state index contributed by atoms with van der Waals surface area (Å²) < 4.78 is 32.5. The normalized spacial score (nSPS) is 18.4. The van der Waals surface area contributed by atoms with Crippen LogP contribution in [0.2, 0.25) is 0 Å². The molecule has 2 fully saturated rings. The highest BCUT2D eigenvalue weighted by atomic mass is 32.2. The minimum atomic E-state index is -3.38. The SMILES string of the molecule is COc1ccc(N2CCN(C(=O)C3CCN(S(=O)(=O)Cc4cccc(C)c4)CC3)CC2)cc1. The lowest BCUT2D eigenvalue weighted by atomic mass is 9.96.